The van der Waals surface area contributed by atoms with Gasteiger partial charge in [-0.25, -0.2) is 4.79 Å². The van der Waals surface area contributed by atoms with Gasteiger partial charge >= 0.3 is 5.97 Å². The number of nitrogens with one attached hydrogen (secondary N) is 1. The van der Waals surface area contributed by atoms with Crippen molar-refractivity contribution in [2.24, 2.45) is 0 Å². The van der Waals surface area contributed by atoms with Crippen LogP contribution in [-0.2, 0) is 0 Å². The van der Waals surface area contributed by atoms with E-state index in [2.05, 4.69) is 10.3 Å². The molecule has 1 aromatic carbocycles. The summed E-state index contributed by atoms with van der Waals surface area (Å²) in [5, 5.41) is 12.4. The second-order valence-electron chi connectivity index (χ2n) is 4.61. The maximum atomic E-state index is 11.0. The largest absolute Gasteiger partial charge is 0.491 e. The first-order valence-corrected chi connectivity index (χ1v) is 6.77. The number of carbonyl (C=O) groups is 1. The first kappa shape index (κ1) is 15.0. The van der Waals surface area contributed by atoms with Crippen molar-refractivity contribution >= 4 is 5.97 Å². The van der Waals surface area contributed by atoms with Gasteiger partial charge in [-0.2, -0.15) is 0 Å². The molecule has 1 atom stereocenters. The molecule has 0 saturated heterocycles. The van der Waals surface area contributed by atoms with Crippen LogP contribution < -0.4 is 10.1 Å². The predicted octanol–water partition coefficient (Wildman–Crippen LogP) is 2.51. The molecule has 2 rings (SSSR count). The molecule has 5 nitrogen and oxygen atoms in total. The fourth-order valence-electron chi connectivity index (χ4n) is 1.96. The van der Waals surface area contributed by atoms with Gasteiger partial charge in [0.25, 0.3) is 0 Å². The third-order valence-corrected chi connectivity index (χ3v) is 3.11. The lowest BCUT2D eigenvalue weighted by molar-refractivity contribution is 0.0692. The molecule has 0 amide bonds. The Labute approximate surface area is 123 Å². The normalized spacial score (nSPS) is 11.9. The maximum absolute atomic E-state index is 11.0. The highest BCUT2D eigenvalue weighted by molar-refractivity contribution is 5.90. The van der Waals surface area contributed by atoms with Gasteiger partial charge in [0.05, 0.1) is 0 Å². The smallest absolute Gasteiger partial charge is 0.339 e. The van der Waals surface area contributed by atoms with Crippen molar-refractivity contribution in [3.05, 3.63) is 59.9 Å². The molecule has 1 unspecified atom stereocenters. The lowest BCUT2D eigenvalue weighted by Gasteiger charge is -2.14. The number of hydrogen-bond donors (Lipinski definition) is 2. The second-order valence-corrected chi connectivity index (χ2v) is 4.61. The Hall–Kier alpha value is -2.40. The van der Waals surface area contributed by atoms with Gasteiger partial charge in [-0.3, -0.25) is 4.98 Å². The van der Waals surface area contributed by atoms with Gasteiger partial charge in [-0.15, -0.1) is 0 Å². The molecular formula is C16H18N2O3. The van der Waals surface area contributed by atoms with E-state index in [1.807, 2.05) is 25.3 Å². The summed E-state index contributed by atoms with van der Waals surface area (Å²) >= 11 is 0. The molecule has 0 bridgehead atoms. The number of aromatic carboxylic acids is 1. The summed E-state index contributed by atoms with van der Waals surface area (Å²) in [6.07, 6.45) is 3.56. The average Bonchev–Trinajstić information content (AvgIpc) is 2.52. The van der Waals surface area contributed by atoms with Gasteiger partial charge in [-0.05, 0) is 30.7 Å². The zero-order chi connectivity index (χ0) is 15.1. The van der Waals surface area contributed by atoms with Gasteiger partial charge in [0.15, 0.2) is 0 Å². The highest BCUT2D eigenvalue weighted by Gasteiger charge is 2.10. The topological polar surface area (TPSA) is 71.5 Å². The van der Waals surface area contributed by atoms with Gasteiger partial charge in [-0.1, -0.05) is 18.2 Å². The van der Waals surface area contributed by atoms with E-state index in [1.54, 1.807) is 24.4 Å². The average molecular weight is 286 g/mol. The van der Waals surface area contributed by atoms with Crippen molar-refractivity contribution in [2.45, 2.75) is 13.0 Å². The van der Waals surface area contributed by atoms with E-state index in [0.29, 0.717) is 18.9 Å². The fraction of sp³-hybridized carbons (Fsp3) is 0.250. The summed E-state index contributed by atoms with van der Waals surface area (Å²) < 4.78 is 5.53. The zero-order valence-electron chi connectivity index (χ0n) is 11.8. The molecule has 0 aliphatic carbocycles. The molecule has 0 saturated carbocycles. The molecule has 0 radical (unpaired) electrons. The number of ether oxygens (including phenoxy) is 1. The number of rotatable bonds is 7. The molecule has 21 heavy (non-hydrogen) atoms. The van der Waals surface area contributed by atoms with Crippen LogP contribution in [0.4, 0.5) is 0 Å². The number of nitrogens with zero attached hydrogens (tertiary/aromatic N) is 1. The van der Waals surface area contributed by atoms with E-state index >= 15 is 0 Å². The third kappa shape index (κ3) is 4.29. The van der Waals surface area contributed by atoms with Crippen LogP contribution in [0, 0.1) is 0 Å². The summed E-state index contributed by atoms with van der Waals surface area (Å²) in [5.41, 5.74) is 1.28. The molecule has 0 spiro atoms. The minimum Gasteiger partial charge on any atom is -0.491 e. The lowest BCUT2D eigenvalue weighted by atomic mass is 10.1. The number of hydrogen-bond acceptors (Lipinski definition) is 4. The summed E-state index contributed by atoms with van der Waals surface area (Å²) in [6.45, 7) is 3.06. The molecular weight excluding hydrogens is 268 g/mol. The first-order valence-electron chi connectivity index (χ1n) is 6.77. The number of benzene rings is 1. The Morgan fingerprint density at radius 2 is 2.14 bits per heavy atom. The van der Waals surface area contributed by atoms with Gasteiger partial charge in [0.1, 0.15) is 17.9 Å². The van der Waals surface area contributed by atoms with Crippen LogP contribution >= 0.6 is 0 Å². The highest BCUT2D eigenvalue weighted by atomic mass is 16.5. The first-order chi connectivity index (χ1) is 10.2. The SMILES string of the molecule is CC(NCCOc1ccccc1C(=O)O)c1cccnc1. The molecule has 1 aromatic heterocycles. The van der Waals surface area contributed by atoms with Crippen molar-refractivity contribution < 1.29 is 14.6 Å². The number of para-hydroxylation sites is 1. The van der Waals surface area contributed by atoms with Crippen molar-refractivity contribution in [2.75, 3.05) is 13.2 Å². The van der Waals surface area contributed by atoms with Crippen LogP contribution in [0.5, 0.6) is 5.75 Å². The Bertz CT molecular complexity index is 587. The minimum absolute atomic E-state index is 0.164. The highest BCUT2D eigenvalue weighted by Crippen LogP contribution is 2.17. The van der Waals surface area contributed by atoms with Crippen LogP contribution in [0.25, 0.3) is 0 Å². The van der Waals surface area contributed by atoms with E-state index in [9.17, 15) is 4.79 Å². The van der Waals surface area contributed by atoms with E-state index in [0.717, 1.165) is 5.56 Å². The van der Waals surface area contributed by atoms with Crippen molar-refractivity contribution in [3.63, 3.8) is 0 Å². The molecule has 110 valence electrons. The molecule has 2 N–H and O–H groups in total. The van der Waals surface area contributed by atoms with Gasteiger partial charge < -0.3 is 15.2 Å². The minimum atomic E-state index is -0.984. The summed E-state index contributed by atoms with van der Waals surface area (Å²) in [5.74, 6) is -0.594. The van der Waals surface area contributed by atoms with E-state index < -0.39 is 5.97 Å². The third-order valence-electron chi connectivity index (χ3n) is 3.11. The number of carboxylic acids is 1. The molecule has 0 aliphatic heterocycles. The molecule has 0 aliphatic rings. The Kier molecular flexibility index (Phi) is 5.29. The van der Waals surface area contributed by atoms with Gasteiger partial charge in [0, 0.05) is 25.0 Å². The van der Waals surface area contributed by atoms with Crippen LogP contribution in [0.3, 0.4) is 0 Å². The quantitative estimate of drug-likeness (QED) is 0.765. The number of aromatic nitrogens is 1. The molecule has 2 aromatic rings. The van der Waals surface area contributed by atoms with Crippen LogP contribution in [0.2, 0.25) is 0 Å². The van der Waals surface area contributed by atoms with E-state index in [4.69, 9.17) is 9.84 Å². The monoisotopic (exact) mass is 286 g/mol. The fourth-order valence-corrected chi connectivity index (χ4v) is 1.96. The molecule has 1 heterocycles. The van der Waals surface area contributed by atoms with Crippen LogP contribution in [-0.4, -0.2) is 29.2 Å². The zero-order valence-corrected chi connectivity index (χ0v) is 11.8. The van der Waals surface area contributed by atoms with Crippen molar-refractivity contribution in [1.82, 2.24) is 10.3 Å². The summed E-state index contributed by atoms with van der Waals surface area (Å²) in [4.78, 5) is 15.1. The molecule has 5 heteroatoms. The van der Waals surface area contributed by atoms with Crippen LogP contribution in [0.1, 0.15) is 28.9 Å². The van der Waals surface area contributed by atoms with E-state index in [1.165, 1.54) is 6.07 Å². The Morgan fingerprint density at radius 3 is 2.86 bits per heavy atom. The molecule has 0 fully saturated rings. The maximum Gasteiger partial charge on any atom is 0.339 e. The van der Waals surface area contributed by atoms with Crippen molar-refractivity contribution in [3.8, 4) is 5.75 Å². The van der Waals surface area contributed by atoms with Crippen molar-refractivity contribution in [1.29, 1.82) is 0 Å². The Morgan fingerprint density at radius 1 is 1.33 bits per heavy atom. The second kappa shape index (κ2) is 7.40. The number of pyridine rings is 1. The van der Waals surface area contributed by atoms with Crippen LogP contribution in [0.15, 0.2) is 48.8 Å². The number of carboxylic acid groups (broad SMARTS) is 1. The lowest BCUT2D eigenvalue weighted by Crippen LogP contribution is -2.24. The Balaban J connectivity index is 1.81. The standard InChI is InChI=1S/C16H18N2O3/c1-12(13-5-4-8-17-11-13)18-9-10-21-15-7-3-2-6-14(15)16(19)20/h2-8,11-12,18H,9-10H2,1H3,(H,19,20). The predicted molar refractivity (Wildman–Crippen MR) is 79.6 cm³/mol. The summed E-state index contributed by atoms with van der Waals surface area (Å²) in [6, 6.07) is 10.7. The van der Waals surface area contributed by atoms with Gasteiger partial charge in [0.2, 0.25) is 0 Å². The van der Waals surface area contributed by atoms with E-state index in [-0.39, 0.29) is 11.6 Å². The summed E-state index contributed by atoms with van der Waals surface area (Å²) in [7, 11) is 0.